The van der Waals surface area contributed by atoms with Crippen molar-refractivity contribution >= 4 is 33.0 Å². The van der Waals surface area contributed by atoms with Gasteiger partial charge in [-0.15, -0.1) is 0 Å². The Balaban J connectivity index is 2.29. The Kier molecular flexibility index (Phi) is 4.10. The Morgan fingerprint density at radius 1 is 1.55 bits per heavy atom. The molecule has 1 heterocycles. The number of oxime groups is 1. The number of hydrogen-bond donors (Lipinski definition) is 2. The topological polar surface area (TPSA) is 96.0 Å². The van der Waals surface area contributed by atoms with Crippen LogP contribution in [0.5, 0.6) is 0 Å². The van der Waals surface area contributed by atoms with E-state index < -0.39 is 9.84 Å². The van der Waals surface area contributed by atoms with E-state index in [9.17, 15) is 8.42 Å². The molecule has 0 amide bonds. The molecular weight excluding hydrogens is 302 g/mol. The van der Waals surface area contributed by atoms with Gasteiger partial charge in [0.15, 0.2) is 15.7 Å². The van der Waals surface area contributed by atoms with Gasteiger partial charge in [0, 0.05) is 23.8 Å². The molecular formula is C12H16ClN3O3S. The monoisotopic (exact) mass is 317 g/mol. The SMILES string of the molecule is CC1CS(=O)(=O)CCN1c1ccc(/C(N)=N/O)c(Cl)c1. The van der Waals surface area contributed by atoms with Crippen molar-refractivity contribution in [2.24, 2.45) is 10.9 Å². The Hall–Kier alpha value is -1.47. The van der Waals surface area contributed by atoms with Gasteiger partial charge in [0.05, 0.1) is 16.5 Å². The molecule has 0 radical (unpaired) electrons. The van der Waals surface area contributed by atoms with E-state index in [-0.39, 0.29) is 23.4 Å². The Morgan fingerprint density at radius 3 is 2.80 bits per heavy atom. The number of halogens is 1. The maximum atomic E-state index is 11.6. The third kappa shape index (κ3) is 2.99. The van der Waals surface area contributed by atoms with Crippen molar-refractivity contribution in [1.29, 1.82) is 0 Å². The molecule has 1 fully saturated rings. The summed E-state index contributed by atoms with van der Waals surface area (Å²) in [4.78, 5) is 1.99. The molecule has 20 heavy (non-hydrogen) atoms. The van der Waals surface area contributed by atoms with Crippen LogP contribution in [0, 0.1) is 0 Å². The standard InChI is InChI=1S/C12H16ClN3O3S/c1-8-7-20(18,19)5-4-16(8)9-2-3-10(11(13)6-9)12(14)15-17/h2-3,6,8,17H,4-5,7H2,1H3,(H2,14,15). The number of rotatable bonds is 2. The molecule has 1 aromatic rings. The Bertz CT molecular complexity index is 645. The summed E-state index contributed by atoms with van der Waals surface area (Å²) in [7, 11) is -2.96. The molecule has 6 nitrogen and oxygen atoms in total. The van der Waals surface area contributed by atoms with Crippen LogP contribution < -0.4 is 10.6 Å². The van der Waals surface area contributed by atoms with E-state index in [0.717, 1.165) is 5.69 Å². The first kappa shape index (κ1) is 14.9. The summed E-state index contributed by atoms with van der Waals surface area (Å²) in [6.45, 7) is 2.30. The highest BCUT2D eigenvalue weighted by Crippen LogP contribution is 2.27. The number of nitrogens with zero attached hydrogens (tertiary/aromatic N) is 2. The minimum absolute atomic E-state index is 0.0594. The van der Waals surface area contributed by atoms with Crippen LogP contribution in [0.4, 0.5) is 5.69 Å². The zero-order chi connectivity index (χ0) is 14.9. The second-order valence-corrected chi connectivity index (χ2v) is 7.44. The fourth-order valence-corrected chi connectivity index (χ4v) is 4.15. The molecule has 1 aromatic carbocycles. The first-order valence-electron chi connectivity index (χ1n) is 6.08. The van der Waals surface area contributed by atoms with Crippen LogP contribution in [-0.4, -0.2) is 43.6 Å². The number of benzene rings is 1. The lowest BCUT2D eigenvalue weighted by Crippen LogP contribution is -2.47. The molecule has 1 aliphatic heterocycles. The van der Waals surface area contributed by atoms with Crippen molar-refractivity contribution < 1.29 is 13.6 Å². The van der Waals surface area contributed by atoms with E-state index in [1.165, 1.54) is 0 Å². The Labute approximate surface area is 122 Å². The van der Waals surface area contributed by atoms with Crippen LogP contribution in [0.15, 0.2) is 23.4 Å². The minimum Gasteiger partial charge on any atom is -0.409 e. The maximum absolute atomic E-state index is 11.6. The average molecular weight is 318 g/mol. The van der Waals surface area contributed by atoms with Gasteiger partial charge in [-0.3, -0.25) is 0 Å². The molecule has 0 saturated carbocycles. The van der Waals surface area contributed by atoms with Gasteiger partial charge < -0.3 is 15.8 Å². The average Bonchev–Trinajstić information content (AvgIpc) is 2.36. The van der Waals surface area contributed by atoms with Crippen molar-refractivity contribution in [3.63, 3.8) is 0 Å². The van der Waals surface area contributed by atoms with Gasteiger partial charge in [0.2, 0.25) is 0 Å². The van der Waals surface area contributed by atoms with Crippen molar-refractivity contribution in [3.8, 4) is 0 Å². The number of anilines is 1. The number of nitrogens with two attached hydrogens (primary N) is 1. The highest BCUT2D eigenvalue weighted by atomic mass is 35.5. The fourth-order valence-electron chi connectivity index (χ4n) is 2.33. The van der Waals surface area contributed by atoms with E-state index >= 15 is 0 Å². The second kappa shape index (κ2) is 5.49. The van der Waals surface area contributed by atoms with Gasteiger partial charge in [-0.2, -0.15) is 0 Å². The van der Waals surface area contributed by atoms with Gasteiger partial charge in [0.25, 0.3) is 0 Å². The van der Waals surface area contributed by atoms with Crippen molar-refractivity contribution in [3.05, 3.63) is 28.8 Å². The van der Waals surface area contributed by atoms with Crippen LogP contribution in [0.1, 0.15) is 12.5 Å². The summed E-state index contributed by atoms with van der Waals surface area (Å²) in [5.41, 5.74) is 6.77. The van der Waals surface area contributed by atoms with Crippen LogP contribution in [0.25, 0.3) is 0 Å². The third-order valence-electron chi connectivity index (χ3n) is 3.34. The molecule has 8 heteroatoms. The normalized spacial score (nSPS) is 22.8. The van der Waals surface area contributed by atoms with E-state index in [4.69, 9.17) is 22.5 Å². The van der Waals surface area contributed by atoms with Gasteiger partial charge >= 0.3 is 0 Å². The van der Waals surface area contributed by atoms with Gasteiger partial charge in [0.1, 0.15) is 0 Å². The molecule has 2 rings (SSSR count). The quantitative estimate of drug-likeness (QED) is 0.368. The molecule has 0 spiro atoms. The summed E-state index contributed by atoms with van der Waals surface area (Å²) in [5, 5.41) is 11.9. The lowest BCUT2D eigenvalue weighted by molar-refractivity contribution is 0.318. The molecule has 1 atom stereocenters. The van der Waals surface area contributed by atoms with Crippen LogP contribution in [0.2, 0.25) is 5.02 Å². The van der Waals surface area contributed by atoms with Gasteiger partial charge in [-0.25, -0.2) is 8.42 Å². The van der Waals surface area contributed by atoms with Crippen LogP contribution >= 0.6 is 11.6 Å². The van der Waals surface area contributed by atoms with Crippen LogP contribution in [0.3, 0.4) is 0 Å². The summed E-state index contributed by atoms with van der Waals surface area (Å²) in [6.07, 6.45) is 0. The first-order chi connectivity index (χ1) is 9.34. The molecule has 3 N–H and O–H groups in total. The van der Waals surface area contributed by atoms with Gasteiger partial charge in [-0.1, -0.05) is 16.8 Å². The second-order valence-electron chi connectivity index (χ2n) is 4.81. The van der Waals surface area contributed by atoms with Crippen LogP contribution in [-0.2, 0) is 9.84 Å². The molecule has 1 aliphatic rings. The lowest BCUT2D eigenvalue weighted by Gasteiger charge is -2.35. The highest BCUT2D eigenvalue weighted by molar-refractivity contribution is 7.91. The maximum Gasteiger partial charge on any atom is 0.171 e. The Morgan fingerprint density at radius 2 is 2.25 bits per heavy atom. The van der Waals surface area contributed by atoms with Gasteiger partial charge in [-0.05, 0) is 25.1 Å². The van der Waals surface area contributed by atoms with Crippen molar-refractivity contribution in [2.45, 2.75) is 13.0 Å². The largest absolute Gasteiger partial charge is 0.409 e. The molecule has 0 aromatic heterocycles. The van der Waals surface area contributed by atoms with E-state index in [1.807, 2.05) is 11.8 Å². The number of amidine groups is 1. The zero-order valence-electron chi connectivity index (χ0n) is 11.0. The molecule has 110 valence electrons. The number of sulfone groups is 1. The predicted octanol–water partition coefficient (Wildman–Crippen LogP) is 1.06. The predicted molar refractivity (Wildman–Crippen MR) is 79.4 cm³/mol. The van der Waals surface area contributed by atoms with E-state index in [0.29, 0.717) is 17.1 Å². The molecule has 1 saturated heterocycles. The fraction of sp³-hybridized carbons (Fsp3) is 0.417. The van der Waals surface area contributed by atoms with E-state index in [2.05, 4.69) is 5.16 Å². The summed E-state index contributed by atoms with van der Waals surface area (Å²) in [5.74, 6) is 0.208. The zero-order valence-corrected chi connectivity index (χ0v) is 12.5. The first-order valence-corrected chi connectivity index (χ1v) is 8.28. The van der Waals surface area contributed by atoms with Crippen molar-refractivity contribution in [2.75, 3.05) is 23.0 Å². The number of hydrogen-bond acceptors (Lipinski definition) is 5. The summed E-state index contributed by atoms with van der Waals surface area (Å²) < 4.78 is 23.1. The molecule has 0 bridgehead atoms. The molecule has 1 unspecified atom stereocenters. The lowest BCUT2D eigenvalue weighted by atomic mass is 10.1. The smallest absolute Gasteiger partial charge is 0.171 e. The third-order valence-corrected chi connectivity index (χ3v) is 5.45. The highest BCUT2D eigenvalue weighted by Gasteiger charge is 2.28. The minimum atomic E-state index is -2.96. The van der Waals surface area contributed by atoms with E-state index in [1.54, 1.807) is 18.2 Å². The summed E-state index contributed by atoms with van der Waals surface area (Å²) >= 11 is 6.11. The van der Waals surface area contributed by atoms with Crippen molar-refractivity contribution in [1.82, 2.24) is 0 Å². The molecule has 0 aliphatic carbocycles. The summed E-state index contributed by atoms with van der Waals surface area (Å²) in [6, 6.07) is 5.03.